The van der Waals surface area contributed by atoms with E-state index in [-0.39, 0.29) is 13.2 Å². The molecule has 0 unspecified atom stereocenters. The van der Waals surface area contributed by atoms with Crippen molar-refractivity contribution in [3.63, 3.8) is 0 Å². The zero-order chi connectivity index (χ0) is 18.9. The Hall–Kier alpha value is -1.56. The number of alkyl carbamates (subject to hydrolysis) is 1. The van der Waals surface area contributed by atoms with E-state index in [1.165, 1.54) is 0 Å². The second-order valence-corrected chi connectivity index (χ2v) is 7.79. The fourth-order valence-electron chi connectivity index (χ4n) is 1.88. The van der Waals surface area contributed by atoms with Gasteiger partial charge < -0.3 is 14.6 Å². The number of benzene rings is 1. The Kier molecular flexibility index (Phi) is 8.42. The summed E-state index contributed by atoms with van der Waals surface area (Å²) in [7, 11) is -3.58. The standard InChI is InChI=1S/C17H28NO6P/c1-6-21-25(20,22-7-2)24-15-10-8-14(9-11-15)12-13-18-16(19)23-17(3,4)5/h8-11H,6-7,12-13H2,1-5H3,(H,18,19). The smallest absolute Gasteiger partial charge is 0.444 e. The van der Waals surface area contributed by atoms with Crippen LogP contribution in [0.25, 0.3) is 0 Å². The molecule has 0 spiro atoms. The first-order valence-corrected chi connectivity index (χ1v) is 9.78. The third kappa shape index (κ3) is 8.91. The van der Waals surface area contributed by atoms with Crippen LogP contribution in [0.3, 0.4) is 0 Å². The summed E-state index contributed by atoms with van der Waals surface area (Å²) in [5.41, 5.74) is 0.476. The Bertz CT molecular complexity index is 572. The zero-order valence-corrected chi connectivity index (χ0v) is 16.4. The number of carbonyl (C=O) groups is 1. The van der Waals surface area contributed by atoms with E-state index < -0.39 is 19.5 Å². The molecular weight excluding hydrogens is 345 g/mol. The molecule has 1 aromatic rings. The van der Waals surface area contributed by atoms with Crippen LogP contribution in [0.5, 0.6) is 5.75 Å². The van der Waals surface area contributed by atoms with Crippen molar-refractivity contribution in [3.05, 3.63) is 29.8 Å². The highest BCUT2D eigenvalue weighted by Crippen LogP contribution is 2.49. The van der Waals surface area contributed by atoms with Crippen molar-refractivity contribution in [1.82, 2.24) is 5.32 Å². The molecule has 0 aliphatic rings. The molecule has 0 atom stereocenters. The predicted octanol–water partition coefficient (Wildman–Crippen LogP) is 4.31. The number of nitrogens with one attached hydrogen (secondary N) is 1. The van der Waals surface area contributed by atoms with E-state index in [1.54, 1.807) is 26.0 Å². The Morgan fingerprint density at radius 2 is 1.64 bits per heavy atom. The molecule has 1 aromatic carbocycles. The van der Waals surface area contributed by atoms with Crippen LogP contribution in [0.15, 0.2) is 24.3 Å². The molecule has 0 saturated heterocycles. The average Bonchev–Trinajstić information content (AvgIpc) is 2.47. The number of phosphoric acid groups is 1. The minimum Gasteiger partial charge on any atom is -0.444 e. The van der Waals surface area contributed by atoms with Crippen molar-refractivity contribution in [3.8, 4) is 5.75 Å². The molecule has 7 nitrogen and oxygen atoms in total. The van der Waals surface area contributed by atoms with E-state index in [9.17, 15) is 9.36 Å². The fraction of sp³-hybridized carbons (Fsp3) is 0.588. The molecule has 8 heteroatoms. The number of hydrogen-bond donors (Lipinski definition) is 1. The van der Waals surface area contributed by atoms with Crippen molar-refractivity contribution in [1.29, 1.82) is 0 Å². The van der Waals surface area contributed by atoms with Crippen molar-refractivity contribution in [2.24, 2.45) is 0 Å². The second kappa shape index (κ2) is 9.80. The molecule has 0 aliphatic carbocycles. The van der Waals surface area contributed by atoms with Crippen molar-refractivity contribution >= 4 is 13.9 Å². The van der Waals surface area contributed by atoms with Crippen LogP contribution in [0.4, 0.5) is 4.79 Å². The number of hydrogen-bond acceptors (Lipinski definition) is 6. The first kappa shape index (κ1) is 21.5. The summed E-state index contributed by atoms with van der Waals surface area (Å²) in [5.74, 6) is 0.397. The lowest BCUT2D eigenvalue weighted by Gasteiger charge is -2.19. The van der Waals surface area contributed by atoms with Crippen molar-refractivity contribution in [2.75, 3.05) is 19.8 Å². The van der Waals surface area contributed by atoms with Crippen LogP contribution in [0.2, 0.25) is 0 Å². The lowest BCUT2D eigenvalue weighted by Crippen LogP contribution is -2.33. The highest BCUT2D eigenvalue weighted by Gasteiger charge is 2.27. The lowest BCUT2D eigenvalue weighted by molar-refractivity contribution is 0.0528. The third-order valence-electron chi connectivity index (χ3n) is 2.80. The Labute approximate surface area is 149 Å². The van der Waals surface area contributed by atoms with Crippen LogP contribution in [0.1, 0.15) is 40.2 Å². The van der Waals surface area contributed by atoms with Gasteiger partial charge in [0.25, 0.3) is 0 Å². The first-order chi connectivity index (χ1) is 11.7. The van der Waals surface area contributed by atoms with E-state index in [1.807, 2.05) is 32.9 Å². The summed E-state index contributed by atoms with van der Waals surface area (Å²) in [6.07, 6.45) is 0.190. The van der Waals surface area contributed by atoms with E-state index in [4.69, 9.17) is 18.3 Å². The van der Waals surface area contributed by atoms with Gasteiger partial charge >= 0.3 is 13.9 Å². The van der Waals surface area contributed by atoms with Gasteiger partial charge in [-0.2, -0.15) is 0 Å². The number of carbonyl (C=O) groups excluding carboxylic acids is 1. The van der Waals surface area contributed by atoms with Crippen molar-refractivity contribution in [2.45, 2.75) is 46.6 Å². The molecular formula is C17H28NO6P. The minimum atomic E-state index is -3.58. The molecule has 0 saturated carbocycles. The third-order valence-corrected chi connectivity index (χ3v) is 4.38. The van der Waals surface area contributed by atoms with Gasteiger partial charge in [0.15, 0.2) is 0 Å². The van der Waals surface area contributed by atoms with Crippen LogP contribution in [0, 0.1) is 0 Å². The van der Waals surface area contributed by atoms with Gasteiger partial charge in [-0.15, -0.1) is 0 Å². The van der Waals surface area contributed by atoms with Crippen molar-refractivity contribution < 1.29 is 27.7 Å². The maximum atomic E-state index is 12.3. The highest BCUT2D eigenvalue weighted by molar-refractivity contribution is 7.48. The van der Waals surface area contributed by atoms with Crippen LogP contribution >= 0.6 is 7.82 Å². The molecule has 1 N–H and O–H groups in total. The molecule has 142 valence electrons. The average molecular weight is 373 g/mol. The van der Waals surface area contributed by atoms with Crippen LogP contribution in [-0.2, 0) is 24.8 Å². The largest absolute Gasteiger partial charge is 0.530 e. The Balaban J connectivity index is 2.51. The quantitative estimate of drug-likeness (QED) is 0.649. The molecule has 0 aliphatic heterocycles. The van der Waals surface area contributed by atoms with Crippen LogP contribution in [-0.4, -0.2) is 31.5 Å². The fourth-order valence-corrected chi connectivity index (χ4v) is 3.07. The van der Waals surface area contributed by atoms with Gasteiger partial charge in [-0.3, -0.25) is 9.05 Å². The summed E-state index contributed by atoms with van der Waals surface area (Å²) in [4.78, 5) is 11.6. The monoisotopic (exact) mass is 373 g/mol. The molecule has 0 radical (unpaired) electrons. The van der Waals surface area contributed by atoms with Gasteiger partial charge in [0, 0.05) is 6.54 Å². The van der Waals surface area contributed by atoms with E-state index in [0.717, 1.165) is 5.56 Å². The number of phosphoric ester groups is 1. The SMILES string of the molecule is CCOP(=O)(OCC)Oc1ccc(CCNC(=O)OC(C)(C)C)cc1. The lowest BCUT2D eigenvalue weighted by atomic mass is 10.1. The molecule has 25 heavy (non-hydrogen) atoms. The summed E-state index contributed by atoms with van der Waals surface area (Å²) in [5, 5.41) is 2.70. The second-order valence-electron chi connectivity index (χ2n) is 6.20. The first-order valence-electron chi connectivity index (χ1n) is 8.32. The van der Waals surface area contributed by atoms with Gasteiger partial charge in [-0.1, -0.05) is 12.1 Å². The summed E-state index contributed by atoms with van der Waals surface area (Å²) in [6, 6.07) is 7.03. The molecule has 1 amide bonds. The topological polar surface area (TPSA) is 83.1 Å². The number of ether oxygens (including phenoxy) is 1. The van der Waals surface area contributed by atoms with E-state index >= 15 is 0 Å². The van der Waals surface area contributed by atoms with Gasteiger partial charge in [0.05, 0.1) is 13.2 Å². The Morgan fingerprint density at radius 1 is 1.08 bits per heavy atom. The highest BCUT2D eigenvalue weighted by atomic mass is 31.2. The summed E-state index contributed by atoms with van der Waals surface area (Å²) in [6.45, 7) is 9.78. The van der Waals surface area contributed by atoms with Gasteiger partial charge in [0.1, 0.15) is 11.4 Å². The maximum Gasteiger partial charge on any atom is 0.530 e. The van der Waals surface area contributed by atoms with E-state index in [2.05, 4.69) is 5.32 Å². The zero-order valence-electron chi connectivity index (χ0n) is 15.5. The predicted molar refractivity (Wildman–Crippen MR) is 95.9 cm³/mol. The number of amides is 1. The molecule has 0 fully saturated rings. The molecule has 0 heterocycles. The van der Waals surface area contributed by atoms with Gasteiger partial charge in [-0.25, -0.2) is 9.36 Å². The van der Waals surface area contributed by atoms with Gasteiger partial charge in [-0.05, 0) is 58.7 Å². The molecule has 1 rings (SSSR count). The van der Waals surface area contributed by atoms with Gasteiger partial charge in [0.2, 0.25) is 0 Å². The summed E-state index contributed by atoms with van der Waals surface area (Å²) >= 11 is 0. The minimum absolute atomic E-state index is 0.228. The van der Waals surface area contributed by atoms with Crippen LogP contribution < -0.4 is 9.84 Å². The number of rotatable bonds is 9. The maximum absolute atomic E-state index is 12.3. The molecule has 0 bridgehead atoms. The van der Waals surface area contributed by atoms with E-state index in [0.29, 0.717) is 18.7 Å². The normalized spacial score (nSPS) is 11.9. The summed E-state index contributed by atoms with van der Waals surface area (Å²) < 4.78 is 33.0. The molecule has 0 aromatic heterocycles. The Morgan fingerprint density at radius 3 is 2.12 bits per heavy atom.